The molecule has 2 heterocycles. The first-order valence-corrected chi connectivity index (χ1v) is 6.82. The molecule has 1 aromatic rings. The predicted octanol–water partition coefficient (Wildman–Crippen LogP) is 0.937. The van der Waals surface area contributed by atoms with Crippen molar-refractivity contribution in [2.75, 3.05) is 32.1 Å². The Labute approximate surface area is 101 Å². The molecule has 4 nitrogen and oxygen atoms in total. The van der Waals surface area contributed by atoms with E-state index in [-0.39, 0.29) is 0 Å². The van der Waals surface area contributed by atoms with Crippen LogP contribution in [0.3, 0.4) is 0 Å². The summed E-state index contributed by atoms with van der Waals surface area (Å²) in [6.45, 7) is 1.92. The normalized spacial score (nSPS) is 25.4. The summed E-state index contributed by atoms with van der Waals surface area (Å²) in [5, 5.41) is 3.53. The van der Waals surface area contributed by atoms with Crippen LogP contribution >= 0.6 is 11.8 Å². The molecule has 0 aliphatic carbocycles. The molecule has 2 N–H and O–H groups in total. The number of H-pyrrole nitrogens is 1. The van der Waals surface area contributed by atoms with Gasteiger partial charge in [-0.15, -0.1) is 0 Å². The summed E-state index contributed by atoms with van der Waals surface area (Å²) in [5.74, 6) is 2.51. The number of aromatic amines is 1. The van der Waals surface area contributed by atoms with Crippen molar-refractivity contribution in [2.24, 2.45) is 0 Å². The SMILES string of the molecule is CN(C)C1(CNCc2cnc[nH]2)CCSC1. The van der Waals surface area contributed by atoms with E-state index in [2.05, 4.69) is 46.0 Å². The number of thioether (sulfide) groups is 1. The Kier molecular flexibility index (Phi) is 3.89. The molecule has 1 fully saturated rings. The van der Waals surface area contributed by atoms with Crippen LogP contribution in [0.2, 0.25) is 0 Å². The van der Waals surface area contributed by atoms with Gasteiger partial charge in [0.15, 0.2) is 0 Å². The lowest BCUT2D eigenvalue weighted by Crippen LogP contribution is -2.51. The average molecular weight is 240 g/mol. The second-order valence-electron chi connectivity index (χ2n) is 4.60. The number of rotatable bonds is 5. The number of nitrogens with zero attached hydrogens (tertiary/aromatic N) is 2. The first-order chi connectivity index (χ1) is 7.73. The predicted molar refractivity (Wildman–Crippen MR) is 68.7 cm³/mol. The lowest BCUT2D eigenvalue weighted by molar-refractivity contribution is 0.175. The zero-order chi connectivity index (χ0) is 11.4. The number of hydrogen-bond donors (Lipinski definition) is 2. The fraction of sp³-hybridized carbons (Fsp3) is 0.727. The Hall–Kier alpha value is -0.520. The average Bonchev–Trinajstić information content (AvgIpc) is 2.88. The molecule has 1 atom stereocenters. The molecule has 2 rings (SSSR count). The molecule has 1 aliphatic rings. The van der Waals surface area contributed by atoms with Gasteiger partial charge in [-0.05, 0) is 26.3 Å². The molecule has 1 unspecified atom stereocenters. The van der Waals surface area contributed by atoms with Crippen LogP contribution in [0.15, 0.2) is 12.5 Å². The van der Waals surface area contributed by atoms with Crippen LogP contribution < -0.4 is 5.32 Å². The van der Waals surface area contributed by atoms with Gasteiger partial charge in [-0.1, -0.05) is 0 Å². The maximum Gasteiger partial charge on any atom is 0.0922 e. The molecule has 0 aromatic carbocycles. The zero-order valence-electron chi connectivity index (χ0n) is 9.99. The number of aromatic nitrogens is 2. The van der Waals surface area contributed by atoms with Crippen molar-refractivity contribution in [3.63, 3.8) is 0 Å². The maximum atomic E-state index is 4.01. The third kappa shape index (κ3) is 2.59. The van der Waals surface area contributed by atoms with Gasteiger partial charge in [0.05, 0.1) is 6.33 Å². The van der Waals surface area contributed by atoms with E-state index in [1.54, 1.807) is 6.33 Å². The van der Waals surface area contributed by atoms with Crippen LogP contribution in [0.25, 0.3) is 0 Å². The van der Waals surface area contributed by atoms with Gasteiger partial charge in [0.1, 0.15) is 0 Å². The highest BCUT2D eigenvalue weighted by molar-refractivity contribution is 7.99. The van der Waals surface area contributed by atoms with E-state index < -0.39 is 0 Å². The van der Waals surface area contributed by atoms with Crippen molar-refractivity contribution < 1.29 is 0 Å². The monoisotopic (exact) mass is 240 g/mol. The zero-order valence-corrected chi connectivity index (χ0v) is 10.8. The van der Waals surface area contributed by atoms with E-state index in [1.807, 2.05) is 6.20 Å². The Balaban J connectivity index is 1.83. The number of likely N-dealkylation sites (N-methyl/N-ethyl adjacent to an activating group) is 1. The minimum absolute atomic E-state index is 0.338. The van der Waals surface area contributed by atoms with Gasteiger partial charge < -0.3 is 15.2 Å². The molecule has 1 saturated heterocycles. The van der Waals surface area contributed by atoms with Crippen LogP contribution in [0, 0.1) is 0 Å². The van der Waals surface area contributed by atoms with Gasteiger partial charge in [-0.3, -0.25) is 0 Å². The summed E-state index contributed by atoms with van der Waals surface area (Å²) >= 11 is 2.06. The molecule has 0 spiro atoms. The molecule has 1 aliphatic heterocycles. The minimum atomic E-state index is 0.338. The highest BCUT2D eigenvalue weighted by Gasteiger charge is 2.35. The van der Waals surface area contributed by atoms with Crippen molar-refractivity contribution in [1.82, 2.24) is 20.2 Å². The first kappa shape index (κ1) is 12.0. The molecule has 5 heteroatoms. The molecule has 0 radical (unpaired) electrons. The lowest BCUT2D eigenvalue weighted by Gasteiger charge is -2.35. The van der Waals surface area contributed by atoms with Crippen LogP contribution in [-0.2, 0) is 6.54 Å². The van der Waals surface area contributed by atoms with Crippen molar-refractivity contribution >= 4 is 11.8 Å². The maximum absolute atomic E-state index is 4.01. The molecule has 0 bridgehead atoms. The van der Waals surface area contributed by atoms with Crippen molar-refractivity contribution in [2.45, 2.75) is 18.5 Å². The minimum Gasteiger partial charge on any atom is -0.347 e. The Morgan fingerprint density at radius 2 is 2.50 bits per heavy atom. The molecular weight excluding hydrogens is 220 g/mol. The van der Waals surface area contributed by atoms with Gasteiger partial charge in [0.2, 0.25) is 0 Å². The fourth-order valence-electron chi connectivity index (χ4n) is 2.06. The van der Waals surface area contributed by atoms with E-state index in [0.29, 0.717) is 5.54 Å². The standard InChI is InChI=1S/C11H20N4S/c1-15(2)11(3-4-16-8-11)7-12-5-10-6-13-9-14-10/h6,9,12H,3-5,7-8H2,1-2H3,(H,13,14). The van der Waals surface area contributed by atoms with Crippen molar-refractivity contribution in [3.05, 3.63) is 18.2 Å². The van der Waals surface area contributed by atoms with Crippen molar-refractivity contribution in [1.29, 1.82) is 0 Å². The second-order valence-corrected chi connectivity index (χ2v) is 5.71. The van der Waals surface area contributed by atoms with Gasteiger partial charge >= 0.3 is 0 Å². The van der Waals surface area contributed by atoms with Crippen LogP contribution in [-0.4, -0.2) is 52.6 Å². The number of nitrogens with one attached hydrogen (secondary N) is 2. The van der Waals surface area contributed by atoms with Crippen molar-refractivity contribution in [3.8, 4) is 0 Å². The van der Waals surface area contributed by atoms with E-state index in [4.69, 9.17) is 0 Å². The quantitative estimate of drug-likeness (QED) is 0.804. The highest BCUT2D eigenvalue weighted by Crippen LogP contribution is 2.31. The van der Waals surface area contributed by atoms with Crippen LogP contribution in [0.4, 0.5) is 0 Å². The summed E-state index contributed by atoms with van der Waals surface area (Å²) in [5.41, 5.74) is 1.49. The van der Waals surface area contributed by atoms with Gasteiger partial charge in [-0.2, -0.15) is 11.8 Å². The third-order valence-electron chi connectivity index (χ3n) is 3.36. The fourth-order valence-corrected chi connectivity index (χ4v) is 3.61. The van der Waals surface area contributed by atoms with Gasteiger partial charge in [0.25, 0.3) is 0 Å². The van der Waals surface area contributed by atoms with E-state index >= 15 is 0 Å². The summed E-state index contributed by atoms with van der Waals surface area (Å²) in [6, 6.07) is 0. The number of hydrogen-bond acceptors (Lipinski definition) is 4. The van der Waals surface area contributed by atoms with E-state index in [9.17, 15) is 0 Å². The molecule has 1 aromatic heterocycles. The Morgan fingerprint density at radius 1 is 1.62 bits per heavy atom. The Bertz CT molecular complexity index is 304. The molecule has 16 heavy (non-hydrogen) atoms. The summed E-state index contributed by atoms with van der Waals surface area (Å²) < 4.78 is 0. The molecule has 90 valence electrons. The summed E-state index contributed by atoms with van der Waals surface area (Å²) in [4.78, 5) is 9.49. The topological polar surface area (TPSA) is 44.0 Å². The Morgan fingerprint density at radius 3 is 3.06 bits per heavy atom. The third-order valence-corrected chi connectivity index (χ3v) is 4.59. The smallest absolute Gasteiger partial charge is 0.0922 e. The van der Waals surface area contributed by atoms with E-state index in [0.717, 1.165) is 18.8 Å². The second kappa shape index (κ2) is 5.21. The van der Waals surface area contributed by atoms with Gasteiger partial charge in [-0.25, -0.2) is 4.98 Å². The first-order valence-electron chi connectivity index (χ1n) is 5.66. The number of imidazole rings is 1. The summed E-state index contributed by atoms with van der Waals surface area (Å²) in [6.07, 6.45) is 4.88. The highest BCUT2D eigenvalue weighted by atomic mass is 32.2. The van der Waals surface area contributed by atoms with Crippen LogP contribution in [0.5, 0.6) is 0 Å². The molecule has 0 saturated carbocycles. The molecular formula is C11H20N4S. The molecule has 0 amide bonds. The van der Waals surface area contributed by atoms with Gasteiger partial charge in [0, 0.05) is 36.3 Å². The van der Waals surface area contributed by atoms with E-state index in [1.165, 1.54) is 17.9 Å². The summed E-state index contributed by atoms with van der Waals surface area (Å²) in [7, 11) is 4.37. The lowest BCUT2D eigenvalue weighted by atomic mass is 9.97. The van der Waals surface area contributed by atoms with Crippen LogP contribution in [0.1, 0.15) is 12.1 Å². The largest absolute Gasteiger partial charge is 0.347 e.